The first-order valence-electron chi connectivity index (χ1n) is 11.3. The molecule has 9 heteroatoms. The summed E-state index contributed by atoms with van der Waals surface area (Å²) in [6.07, 6.45) is 2.47. The van der Waals surface area contributed by atoms with E-state index >= 15 is 0 Å². The van der Waals surface area contributed by atoms with E-state index in [1.807, 2.05) is 50.4 Å². The maximum atomic E-state index is 13.5. The molecule has 0 saturated heterocycles. The molecule has 0 spiro atoms. The topological polar surface area (TPSA) is 84.9 Å². The number of rotatable bonds is 7. The Morgan fingerprint density at radius 1 is 1.14 bits per heavy atom. The van der Waals surface area contributed by atoms with Crippen molar-refractivity contribution in [3.63, 3.8) is 0 Å². The largest absolute Gasteiger partial charge is 0.469 e. The Morgan fingerprint density at radius 2 is 1.89 bits per heavy atom. The highest BCUT2D eigenvalue weighted by molar-refractivity contribution is 6.30. The molecule has 3 aromatic rings. The first-order chi connectivity index (χ1) is 16.9. The number of anilines is 2. The average Bonchev–Trinajstić information content (AvgIpc) is 2.84. The van der Waals surface area contributed by atoms with Gasteiger partial charge in [-0.15, -0.1) is 0 Å². The molecule has 0 N–H and O–H groups in total. The number of hydrogen-bond acceptors (Lipinski definition) is 7. The standard InChI is InChI=1S/C26H27ClN4O4/c1-17-28-16-22-23(12-13-30(2)26(22)29-17)31(24(32)10-11-25(33)34-3)19-7-5-9-21(15-19)35-20-8-4-6-18(27)14-20/h4-9,14-16,23H,10-13H2,1-3H3. The monoisotopic (exact) mass is 494 g/mol. The summed E-state index contributed by atoms with van der Waals surface area (Å²) in [7, 11) is 3.29. The number of carbonyl (C=O) groups excluding carboxylic acids is 2. The third-order valence-electron chi connectivity index (χ3n) is 5.85. The predicted molar refractivity (Wildman–Crippen MR) is 134 cm³/mol. The van der Waals surface area contributed by atoms with Crippen molar-refractivity contribution < 1.29 is 19.1 Å². The number of carbonyl (C=O) groups is 2. The lowest BCUT2D eigenvalue weighted by Crippen LogP contribution is -2.41. The number of hydrogen-bond donors (Lipinski definition) is 0. The van der Waals surface area contributed by atoms with Gasteiger partial charge in [-0.25, -0.2) is 9.97 Å². The van der Waals surface area contributed by atoms with Gasteiger partial charge in [-0.1, -0.05) is 23.7 Å². The van der Waals surface area contributed by atoms with Crippen molar-refractivity contribution in [2.24, 2.45) is 0 Å². The van der Waals surface area contributed by atoms with Crippen molar-refractivity contribution in [2.45, 2.75) is 32.2 Å². The maximum Gasteiger partial charge on any atom is 0.306 e. The molecule has 8 nitrogen and oxygen atoms in total. The van der Waals surface area contributed by atoms with Crippen LogP contribution in [0.15, 0.2) is 54.7 Å². The van der Waals surface area contributed by atoms with Crippen LogP contribution in [0.2, 0.25) is 5.02 Å². The van der Waals surface area contributed by atoms with E-state index in [2.05, 4.69) is 14.9 Å². The normalized spacial score (nSPS) is 14.7. The molecule has 1 aromatic heterocycles. The molecule has 0 radical (unpaired) electrons. The highest BCUT2D eigenvalue weighted by Crippen LogP contribution is 2.39. The Kier molecular flexibility index (Phi) is 7.51. The summed E-state index contributed by atoms with van der Waals surface area (Å²) in [5.74, 6) is 1.98. The molecule has 1 aliphatic rings. The molecule has 1 unspecified atom stereocenters. The fourth-order valence-electron chi connectivity index (χ4n) is 4.15. The third-order valence-corrected chi connectivity index (χ3v) is 6.09. The number of benzene rings is 2. The van der Waals surface area contributed by atoms with E-state index in [1.54, 1.807) is 23.2 Å². The van der Waals surface area contributed by atoms with E-state index in [0.29, 0.717) is 41.0 Å². The van der Waals surface area contributed by atoms with E-state index < -0.39 is 5.97 Å². The molecule has 2 heterocycles. The molecule has 1 amide bonds. The molecule has 4 rings (SSSR count). The molecule has 0 fully saturated rings. The molecule has 1 aliphatic heterocycles. The van der Waals surface area contributed by atoms with Gasteiger partial charge in [0.15, 0.2) is 0 Å². The van der Waals surface area contributed by atoms with Crippen LogP contribution in [0.25, 0.3) is 0 Å². The van der Waals surface area contributed by atoms with Crippen LogP contribution >= 0.6 is 11.6 Å². The van der Waals surface area contributed by atoms with Gasteiger partial charge in [-0.3, -0.25) is 9.59 Å². The van der Waals surface area contributed by atoms with Gasteiger partial charge in [0.1, 0.15) is 23.1 Å². The first-order valence-corrected chi connectivity index (χ1v) is 11.7. The first kappa shape index (κ1) is 24.5. The molecule has 1 atom stereocenters. The van der Waals surface area contributed by atoms with Crippen LogP contribution in [-0.2, 0) is 14.3 Å². The summed E-state index contributed by atoms with van der Waals surface area (Å²) < 4.78 is 10.7. The molecular weight excluding hydrogens is 468 g/mol. The predicted octanol–water partition coefficient (Wildman–Crippen LogP) is 5.10. The van der Waals surface area contributed by atoms with Gasteiger partial charge in [0, 0.05) is 48.5 Å². The zero-order chi connectivity index (χ0) is 24.9. The highest BCUT2D eigenvalue weighted by Gasteiger charge is 2.34. The maximum absolute atomic E-state index is 13.5. The smallest absolute Gasteiger partial charge is 0.306 e. The van der Waals surface area contributed by atoms with Crippen molar-refractivity contribution in [1.29, 1.82) is 0 Å². The second-order valence-corrected chi connectivity index (χ2v) is 8.76. The number of nitrogens with zero attached hydrogens (tertiary/aromatic N) is 4. The third kappa shape index (κ3) is 5.71. The molecule has 182 valence electrons. The fraction of sp³-hybridized carbons (Fsp3) is 0.308. The molecular formula is C26H27ClN4O4. The summed E-state index contributed by atoms with van der Waals surface area (Å²) >= 11 is 6.09. The lowest BCUT2D eigenvalue weighted by Gasteiger charge is -2.38. The fourth-order valence-corrected chi connectivity index (χ4v) is 4.33. The number of amides is 1. The number of halogens is 1. The minimum atomic E-state index is -0.431. The lowest BCUT2D eigenvalue weighted by molar-refractivity contribution is -0.141. The summed E-state index contributed by atoms with van der Waals surface area (Å²) in [6.45, 7) is 2.56. The Morgan fingerprint density at radius 3 is 2.63 bits per heavy atom. The second-order valence-electron chi connectivity index (χ2n) is 8.32. The number of methoxy groups -OCH3 is 1. The van der Waals surface area contributed by atoms with Crippen molar-refractivity contribution in [3.8, 4) is 11.5 Å². The van der Waals surface area contributed by atoms with Gasteiger partial charge >= 0.3 is 5.97 Å². The number of esters is 1. The molecule has 2 aromatic carbocycles. The van der Waals surface area contributed by atoms with Crippen molar-refractivity contribution >= 4 is 35.0 Å². The van der Waals surface area contributed by atoms with Crippen LogP contribution in [0.3, 0.4) is 0 Å². The van der Waals surface area contributed by atoms with Crippen molar-refractivity contribution in [2.75, 3.05) is 30.5 Å². The summed E-state index contributed by atoms with van der Waals surface area (Å²) in [6, 6.07) is 14.1. The van der Waals surface area contributed by atoms with Crippen LogP contribution in [0.4, 0.5) is 11.5 Å². The van der Waals surface area contributed by atoms with Crippen LogP contribution < -0.4 is 14.5 Å². The van der Waals surface area contributed by atoms with Crippen LogP contribution in [0.5, 0.6) is 11.5 Å². The van der Waals surface area contributed by atoms with Crippen molar-refractivity contribution in [1.82, 2.24) is 9.97 Å². The average molecular weight is 495 g/mol. The zero-order valence-corrected chi connectivity index (χ0v) is 20.7. The number of ether oxygens (including phenoxy) is 2. The lowest BCUT2D eigenvalue weighted by atomic mass is 9.98. The summed E-state index contributed by atoms with van der Waals surface area (Å²) in [4.78, 5) is 38.1. The SMILES string of the molecule is COC(=O)CCC(=O)N(c1cccc(Oc2cccc(Cl)c2)c1)C1CCN(C)c2nc(C)ncc21. The van der Waals surface area contributed by atoms with Crippen LogP contribution in [0.1, 0.15) is 36.7 Å². The Hall–Kier alpha value is -3.65. The number of fused-ring (bicyclic) bond motifs is 1. The van der Waals surface area contributed by atoms with Gasteiger partial charge in [0.25, 0.3) is 0 Å². The summed E-state index contributed by atoms with van der Waals surface area (Å²) in [5.41, 5.74) is 1.51. The number of aryl methyl sites for hydroxylation is 1. The zero-order valence-electron chi connectivity index (χ0n) is 19.9. The quantitative estimate of drug-likeness (QED) is 0.422. The van der Waals surface area contributed by atoms with E-state index in [4.69, 9.17) is 21.1 Å². The Labute approximate surface area is 209 Å². The van der Waals surface area contributed by atoms with E-state index in [9.17, 15) is 9.59 Å². The van der Waals surface area contributed by atoms with Gasteiger partial charge in [-0.05, 0) is 43.7 Å². The number of aromatic nitrogens is 2. The van der Waals surface area contributed by atoms with Gasteiger partial charge in [0.05, 0.1) is 19.6 Å². The second kappa shape index (κ2) is 10.7. The minimum absolute atomic E-state index is 0.00554. The van der Waals surface area contributed by atoms with Crippen LogP contribution in [0, 0.1) is 6.92 Å². The van der Waals surface area contributed by atoms with Gasteiger partial charge in [0.2, 0.25) is 5.91 Å². The Balaban J connectivity index is 1.71. The van der Waals surface area contributed by atoms with Crippen LogP contribution in [-0.4, -0.2) is 42.5 Å². The molecule has 0 aliphatic carbocycles. The van der Waals surface area contributed by atoms with E-state index in [0.717, 1.165) is 11.4 Å². The van der Waals surface area contributed by atoms with E-state index in [1.165, 1.54) is 7.11 Å². The van der Waals surface area contributed by atoms with Gasteiger partial charge in [-0.2, -0.15) is 0 Å². The molecule has 0 saturated carbocycles. The highest BCUT2D eigenvalue weighted by atomic mass is 35.5. The van der Waals surface area contributed by atoms with Gasteiger partial charge < -0.3 is 19.3 Å². The summed E-state index contributed by atoms with van der Waals surface area (Å²) in [5, 5.41) is 0.566. The van der Waals surface area contributed by atoms with E-state index in [-0.39, 0.29) is 24.8 Å². The minimum Gasteiger partial charge on any atom is -0.469 e. The molecule has 35 heavy (non-hydrogen) atoms. The Bertz CT molecular complexity index is 1240. The molecule has 0 bridgehead atoms. The van der Waals surface area contributed by atoms with Crippen molar-refractivity contribution in [3.05, 3.63) is 71.1 Å².